The number of para-hydroxylation sites is 1. The number of hydrogen-bond acceptors (Lipinski definition) is 4. The molecule has 1 heterocycles. The number of carbonyl (C=O) groups is 1. The molecule has 1 aromatic carbocycles. The Bertz CT molecular complexity index is 594. The molecule has 0 aliphatic heterocycles. The Balaban J connectivity index is 2.32. The number of nitrogens with zero attached hydrogens (tertiary/aromatic N) is 1. The molecule has 0 unspecified atom stereocenters. The number of aromatic nitrogens is 1. The molecule has 0 bridgehead atoms. The zero-order valence-corrected chi connectivity index (χ0v) is 10.8. The van der Waals surface area contributed by atoms with Gasteiger partial charge in [-0.25, -0.2) is 4.98 Å². The van der Waals surface area contributed by atoms with Crippen LogP contribution in [0.3, 0.4) is 0 Å². The highest BCUT2D eigenvalue weighted by Crippen LogP contribution is 2.20. The molecule has 5 nitrogen and oxygen atoms in total. The highest BCUT2D eigenvalue weighted by Gasteiger charge is 2.14. The summed E-state index contributed by atoms with van der Waals surface area (Å²) in [5.41, 5.74) is 7.39. The molecule has 1 aromatic heterocycles. The van der Waals surface area contributed by atoms with E-state index in [-0.39, 0.29) is 24.2 Å². The summed E-state index contributed by atoms with van der Waals surface area (Å²) in [5.74, 6) is -0.321. The summed E-state index contributed by atoms with van der Waals surface area (Å²) in [4.78, 5) is 16.3. The van der Waals surface area contributed by atoms with Crippen molar-refractivity contribution in [2.45, 2.75) is 19.4 Å². The normalized spacial score (nSPS) is 12.3. The summed E-state index contributed by atoms with van der Waals surface area (Å²) < 4.78 is 0. The first-order chi connectivity index (χ1) is 9.15. The van der Waals surface area contributed by atoms with Gasteiger partial charge in [-0.1, -0.05) is 25.1 Å². The molecule has 0 aliphatic rings. The van der Waals surface area contributed by atoms with Gasteiger partial charge in [-0.2, -0.15) is 0 Å². The van der Waals surface area contributed by atoms with Crippen LogP contribution in [0.5, 0.6) is 0 Å². The number of amides is 1. The fraction of sp³-hybridized carbons (Fsp3) is 0.286. The molecular formula is C14H17N3O2. The lowest BCUT2D eigenvalue weighted by Gasteiger charge is -2.14. The molecule has 100 valence electrons. The van der Waals surface area contributed by atoms with Crippen LogP contribution >= 0.6 is 0 Å². The summed E-state index contributed by atoms with van der Waals surface area (Å²) in [6, 6.07) is 8.69. The highest BCUT2D eigenvalue weighted by molar-refractivity contribution is 5.99. The maximum atomic E-state index is 12.0. The quantitative estimate of drug-likeness (QED) is 0.772. The minimum atomic E-state index is -0.321. The van der Waals surface area contributed by atoms with Gasteiger partial charge in [0, 0.05) is 11.1 Å². The number of nitrogen functional groups attached to an aromatic ring is 1. The molecule has 0 saturated carbocycles. The number of benzene rings is 1. The largest absolute Gasteiger partial charge is 0.398 e. The van der Waals surface area contributed by atoms with E-state index in [1.165, 1.54) is 0 Å². The van der Waals surface area contributed by atoms with Crippen LogP contribution < -0.4 is 11.1 Å². The van der Waals surface area contributed by atoms with Gasteiger partial charge in [-0.15, -0.1) is 0 Å². The zero-order chi connectivity index (χ0) is 13.8. The van der Waals surface area contributed by atoms with E-state index >= 15 is 0 Å². The van der Waals surface area contributed by atoms with Gasteiger partial charge in [0.05, 0.1) is 18.2 Å². The Morgan fingerprint density at radius 3 is 2.89 bits per heavy atom. The third-order valence-electron chi connectivity index (χ3n) is 3.03. The van der Waals surface area contributed by atoms with Gasteiger partial charge < -0.3 is 16.2 Å². The molecule has 0 aliphatic carbocycles. The number of rotatable bonds is 4. The van der Waals surface area contributed by atoms with Gasteiger partial charge in [0.1, 0.15) is 5.69 Å². The maximum absolute atomic E-state index is 12.0. The first kappa shape index (κ1) is 13.3. The summed E-state index contributed by atoms with van der Waals surface area (Å²) in [7, 11) is 0. The van der Waals surface area contributed by atoms with Crippen LogP contribution in [0.25, 0.3) is 10.9 Å². The van der Waals surface area contributed by atoms with Crippen molar-refractivity contribution in [1.29, 1.82) is 0 Å². The predicted molar refractivity (Wildman–Crippen MR) is 74.8 cm³/mol. The molecule has 5 heteroatoms. The number of fused-ring (bicyclic) bond motifs is 1. The topological polar surface area (TPSA) is 88.2 Å². The highest BCUT2D eigenvalue weighted by atomic mass is 16.3. The molecule has 4 N–H and O–H groups in total. The van der Waals surface area contributed by atoms with Gasteiger partial charge in [0.15, 0.2) is 0 Å². The van der Waals surface area contributed by atoms with Crippen molar-refractivity contribution < 1.29 is 9.90 Å². The van der Waals surface area contributed by atoms with Gasteiger partial charge >= 0.3 is 0 Å². The first-order valence-corrected chi connectivity index (χ1v) is 6.22. The second-order valence-electron chi connectivity index (χ2n) is 4.38. The number of pyridine rings is 1. The van der Waals surface area contributed by atoms with Crippen molar-refractivity contribution in [2.24, 2.45) is 0 Å². The number of anilines is 1. The third-order valence-corrected chi connectivity index (χ3v) is 3.03. The van der Waals surface area contributed by atoms with Crippen LogP contribution in [0.4, 0.5) is 5.69 Å². The van der Waals surface area contributed by atoms with E-state index in [1.807, 2.05) is 31.2 Å². The maximum Gasteiger partial charge on any atom is 0.270 e. The van der Waals surface area contributed by atoms with Gasteiger partial charge in [0.25, 0.3) is 5.91 Å². The second-order valence-corrected chi connectivity index (χ2v) is 4.38. The van der Waals surface area contributed by atoms with Crippen LogP contribution in [0.15, 0.2) is 30.3 Å². The monoisotopic (exact) mass is 259 g/mol. The molecule has 1 amide bonds. The average Bonchev–Trinajstić information content (AvgIpc) is 2.44. The first-order valence-electron chi connectivity index (χ1n) is 6.22. The number of nitrogens with two attached hydrogens (primary N) is 1. The van der Waals surface area contributed by atoms with Crippen LogP contribution in [0.1, 0.15) is 23.8 Å². The number of aliphatic hydroxyl groups excluding tert-OH is 1. The van der Waals surface area contributed by atoms with Crippen LogP contribution in [-0.2, 0) is 0 Å². The molecule has 1 atom stereocenters. The second kappa shape index (κ2) is 5.67. The minimum absolute atomic E-state index is 0.0920. The lowest BCUT2D eigenvalue weighted by atomic mass is 10.1. The Morgan fingerprint density at radius 1 is 1.47 bits per heavy atom. The molecule has 2 rings (SSSR count). The van der Waals surface area contributed by atoms with Gasteiger partial charge in [-0.3, -0.25) is 4.79 Å². The molecule has 0 spiro atoms. The average molecular weight is 259 g/mol. The number of hydrogen-bond donors (Lipinski definition) is 3. The van der Waals surface area contributed by atoms with E-state index in [4.69, 9.17) is 10.8 Å². The molecule has 0 radical (unpaired) electrons. The fourth-order valence-electron chi connectivity index (χ4n) is 1.85. The SMILES string of the molecule is CC[C@@H](CO)NC(=O)c1cc(N)c2ccccc2n1. The lowest BCUT2D eigenvalue weighted by Crippen LogP contribution is -2.37. The Labute approximate surface area is 111 Å². The summed E-state index contributed by atoms with van der Waals surface area (Å²) in [6.45, 7) is 1.80. The van der Waals surface area contributed by atoms with E-state index in [9.17, 15) is 4.79 Å². The van der Waals surface area contributed by atoms with Crippen molar-refractivity contribution in [3.05, 3.63) is 36.0 Å². The van der Waals surface area contributed by atoms with Gasteiger partial charge in [-0.05, 0) is 18.6 Å². The van der Waals surface area contributed by atoms with Crippen molar-refractivity contribution in [3.8, 4) is 0 Å². The molecule has 0 saturated heterocycles. The number of carbonyl (C=O) groups excluding carboxylic acids is 1. The van der Waals surface area contributed by atoms with Crippen molar-refractivity contribution in [2.75, 3.05) is 12.3 Å². The number of aliphatic hydroxyl groups is 1. The fourth-order valence-corrected chi connectivity index (χ4v) is 1.85. The van der Waals surface area contributed by atoms with E-state index < -0.39 is 0 Å². The summed E-state index contributed by atoms with van der Waals surface area (Å²) >= 11 is 0. The third kappa shape index (κ3) is 2.82. The molecular weight excluding hydrogens is 242 g/mol. The molecule has 0 fully saturated rings. The predicted octanol–water partition coefficient (Wildman–Crippen LogP) is 1.32. The van der Waals surface area contributed by atoms with E-state index in [0.717, 1.165) is 5.39 Å². The Hall–Kier alpha value is -2.14. The molecule has 19 heavy (non-hydrogen) atoms. The summed E-state index contributed by atoms with van der Waals surface area (Å²) in [6.07, 6.45) is 0.658. The lowest BCUT2D eigenvalue weighted by molar-refractivity contribution is 0.0910. The minimum Gasteiger partial charge on any atom is -0.398 e. The van der Waals surface area contributed by atoms with Gasteiger partial charge in [0.2, 0.25) is 0 Å². The molecule has 2 aromatic rings. The van der Waals surface area contributed by atoms with Crippen molar-refractivity contribution >= 4 is 22.5 Å². The summed E-state index contributed by atoms with van der Waals surface area (Å²) in [5, 5.41) is 12.6. The number of nitrogens with one attached hydrogen (secondary N) is 1. The van der Waals surface area contributed by atoms with E-state index in [1.54, 1.807) is 6.07 Å². The van der Waals surface area contributed by atoms with Crippen molar-refractivity contribution in [1.82, 2.24) is 10.3 Å². The zero-order valence-electron chi connectivity index (χ0n) is 10.8. The van der Waals surface area contributed by atoms with Crippen LogP contribution in [-0.4, -0.2) is 28.6 Å². The Morgan fingerprint density at radius 2 is 2.21 bits per heavy atom. The van der Waals surface area contributed by atoms with E-state index in [0.29, 0.717) is 17.6 Å². The van der Waals surface area contributed by atoms with Crippen LogP contribution in [0.2, 0.25) is 0 Å². The smallest absolute Gasteiger partial charge is 0.270 e. The van der Waals surface area contributed by atoms with E-state index in [2.05, 4.69) is 10.3 Å². The Kier molecular flexibility index (Phi) is 3.97. The van der Waals surface area contributed by atoms with Crippen molar-refractivity contribution in [3.63, 3.8) is 0 Å². The van der Waals surface area contributed by atoms with Crippen LogP contribution in [0, 0.1) is 0 Å². The standard InChI is InChI=1S/C14H17N3O2/c1-2-9(8-18)16-14(19)13-7-11(15)10-5-3-4-6-12(10)17-13/h3-7,9,18H,2,8H2,1H3,(H2,15,17)(H,16,19)/t9-/m0/s1.